The summed E-state index contributed by atoms with van der Waals surface area (Å²) in [6.45, 7) is 4.65. The molecule has 0 radical (unpaired) electrons. The molecule has 3 unspecified atom stereocenters. The second-order valence-corrected chi connectivity index (χ2v) is 10.1. The Morgan fingerprint density at radius 1 is 1.19 bits per heavy atom. The molecule has 144 valence electrons. The van der Waals surface area contributed by atoms with E-state index in [1.54, 1.807) is 0 Å². The molecule has 1 amide bonds. The summed E-state index contributed by atoms with van der Waals surface area (Å²) in [7, 11) is 0. The second kappa shape index (κ2) is 5.13. The van der Waals surface area contributed by atoms with Crippen LogP contribution in [0.4, 0.5) is 0 Å². The number of nitrogens with one attached hydrogen (secondary N) is 1. The van der Waals surface area contributed by atoms with Gasteiger partial charge in [0, 0.05) is 30.0 Å². The van der Waals surface area contributed by atoms with Crippen LogP contribution in [0.25, 0.3) is 0 Å². The zero-order valence-corrected chi connectivity index (χ0v) is 15.9. The molecule has 5 fully saturated rings. The molecular weight excluding hydrogens is 340 g/mol. The molecule has 0 aromatic heterocycles. The molecule has 2 N–H and O–H groups in total. The summed E-state index contributed by atoms with van der Waals surface area (Å²) < 4.78 is 5.22. The molecule has 5 nitrogen and oxygen atoms in total. The number of aliphatic hydroxyl groups is 1. The van der Waals surface area contributed by atoms with Gasteiger partial charge in [0.1, 0.15) is 0 Å². The number of amides is 1. The minimum Gasteiger partial charge on any atom is -0.356 e. The number of carbonyl (C=O) groups is 1. The van der Waals surface area contributed by atoms with Gasteiger partial charge >= 0.3 is 0 Å². The van der Waals surface area contributed by atoms with Crippen LogP contribution in [-0.2, 0) is 20.4 Å². The maximum Gasteiger partial charge on any atom is 0.225 e. The predicted octanol–water partition coefficient (Wildman–Crippen LogP) is 1.88. The average molecular weight is 368 g/mol. The predicted molar refractivity (Wildman–Crippen MR) is 99.9 cm³/mol. The number of aliphatic hydroxyl groups excluding tert-OH is 1. The zero-order chi connectivity index (χ0) is 18.4. The number of likely N-dealkylation sites (tertiary alicyclic amines) is 1. The van der Waals surface area contributed by atoms with Crippen LogP contribution in [0.3, 0.4) is 0 Å². The largest absolute Gasteiger partial charge is 0.356 e. The number of hydrogen-bond acceptors (Lipinski definition) is 4. The minimum atomic E-state index is -0.871. The van der Waals surface area contributed by atoms with E-state index in [1.165, 1.54) is 30.4 Å². The number of rotatable bonds is 3. The van der Waals surface area contributed by atoms with E-state index in [2.05, 4.69) is 41.4 Å². The lowest BCUT2D eigenvalue weighted by molar-refractivity contribution is -0.140. The highest BCUT2D eigenvalue weighted by Gasteiger charge is 2.63. The van der Waals surface area contributed by atoms with Crippen molar-refractivity contribution in [2.24, 2.45) is 11.8 Å². The van der Waals surface area contributed by atoms with Gasteiger partial charge in [-0.15, -0.1) is 0 Å². The monoisotopic (exact) mass is 368 g/mol. The molecule has 5 aliphatic rings. The molecule has 6 rings (SSSR count). The van der Waals surface area contributed by atoms with Gasteiger partial charge in [-0.05, 0) is 54.6 Å². The number of ether oxygens (including phenoxy) is 1. The van der Waals surface area contributed by atoms with Crippen LogP contribution < -0.4 is 5.32 Å². The van der Waals surface area contributed by atoms with E-state index in [-0.39, 0.29) is 16.9 Å². The molecule has 5 heteroatoms. The van der Waals surface area contributed by atoms with Crippen molar-refractivity contribution in [2.75, 3.05) is 19.7 Å². The number of hydrogen-bond donors (Lipinski definition) is 2. The van der Waals surface area contributed by atoms with Crippen molar-refractivity contribution in [3.8, 4) is 0 Å². The Labute approximate surface area is 160 Å². The van der Waals surface area contributed by atoms with Crippen LogP contribution in [0.1, 0.15) is 50.2 Å². The number of carbonyl (C=O) groups excluding carboxylic acids is 1. The van der Waals surface area contributed by atoms with Crippen molar-refractivity contribution in [1.29, 1.82) is 0 Å². The van der Waals surface area contributed by atoms with E-state index < -0.39 is 6.41 Å². The van der Waals surface area contributed by atoms with Crippen molar-refractivity contribution in [3.63, 3.8) is 0 Å². The van der Waals surface area contributed by atoms with E-state index >= 15 is 0 Å². The van der Waals surface area contributed by atoms with E-state index in [9.17, 15) is 9.90 Å². The first-order chi connectivity index (χ1) is 12.9. The topological polar surface area (TPSA) is 61.8 Å². The summed E-state index contributed by atoms with van der Waals surface area (Å²) in [5.41, 5.74) is 3.36. The molecule has 3 saturated carbocycles. The number of benzene rings is 1. The Hall–Kier alpha value is -1.43. The molecule has 27 heavy (non-hydrogen) atoms. The standard InChI is InChI=1S/C22H28N2O3/c1-20(6-7-20)15-2-4-16(5-3-15)22-10-17(22)11-24(12-22)18(25)14-8-21(9-14)13-27-19(26)23-21/h2-5,14,17,19,23,26H,6-13H2,1H3. The third-order valence-corrected chi connectivity index (χ3v) is 8.18. The lowest BCUT2D eigenvalue weighted by atomic mass is 9.68. The number of piperidine rings is 1. The van der Waals surface area contributed by atoms with Crippen molar-refractivity contribution in [1.82, 2.24) is 10.2 Å². The van der Waals surface area contributed by atoms with Gasteiger partial charge < -0.3 is 14.7 Å². The molecular formula is C22H28N2O3. The first-order valence-corrected chi connectivity index (χ1v) is 10.4. The van der Waals surface area contributed by atoms with E-state index in [1.807, 2.05) is 0 Å². The second-order valence-electron chi connectivity index (χ2n) is 10.1. The van der Waals surface area contributed by atoms with E-state index in [0.29, 0.717) is 23.8 Å². The van der Waals surface area contributed by atoms with E-state index in [4.69, 9.17) is 4.74 Å². The average Bonchev–Trinajstić information content (AvgIpc) is 3.46. The van der Waals surface area contributed by atoms with Gasteiger partial charge in [-0.2, -0.15) is 0 Å². The summed E-state index contributed by atoms with van der Waals surface area (Å²) >= 11 is 0. The molecule has 2 heterocycles. The normalized spacial score (nSPS) is 43.5. The van der Waals surface area contributed by atoms with Crippen LogP contribution >= 0.6 is 0 Å². The van der Waals surface area contributed by atoms with Crippen molar-refractivity contribution in [3.05, 3.63) is 35.4 Å². The molecule has 3 aliphatic carbocycles. The maximum absolute atomic E-state index is 13.0. The summed E-state index contributed by atoms with van der Waals surface area (Å²) in [5.74, 6) is 1.02. The fourth-order valence-corrected chi connectivity index (χ4v) is 5.91. The minimum absolute atomic E-state index is 0.0816. The van der Waals surface area contributed by atoms with Gasteiger partial charge in [-0.1, -0.05) is 31.2 Å². The van der Waals surface area contributed by atoms with Crippen molar-refractivity contribution >= 4 is 5.91 Å². The molecule has 2 aliphatic heterocycles. The number of fused-ring (bicyclic) bond motifs is 1. The molecule has 1 aromatic carbocycles. The van der Waals surface area contributed by atoms with Crippen molar-refractivity contribution < 1.29 is 14.6 Å². The Morgan fingerprint density at radius 3 is 2.52 bits per heavy atom. The highest BCUT2D eigenvalue weighted by Crippen LogP contribution is 2.60. The number of nitrogens with zero attached hydrogens (tertiary/aromatic N) is 1. The maximum atomic E-state index is 13.0. The van der Waals surface area contributed by atoms with Crippen LogP contribution in [0.15, 0.2) is 24.3 Å². The Balaban J connectivity index is 1.12. The van der Waals surface area contributed by atoms with Crippen LogP contribution in [0.2, 0.25) is 0 Å². The third kappa shape index (κ3) is 2.38. The Morgan fingerprint density at radius 2 is 1.89 bits per heavy atom. The quantitative estimate of drug-likeness (QED) is 0.855. The van der Waals surface area contributed by atoms with Crippen LogP contribution in [0.5, 0.6) is 0 Å². The Bertz CT molecular complexity index is 796. The molecule has 1 spiro atoms. The fraction of sp³-hybridized carbons (Fsp3) is 0.682. The molecule has 0 bridgehead atoms. The SMILES string of the molecule is CC1(c2ccc(C34CC3CN(C(=O)C3CC5(COC(O)N5)C3)C4)cc2)CC1. The zero-order valence-electron chi connectivity index (χ0n) is 15.9. The smallest absolute Gasteiger partial charge is 0.225 e. The fourth-order valence-electron chi connectivity index (χ4n) is 5.91. The lowest BCUT2D eigenvalue weighted by Crippen LogP contribution is -2.58. The third-order valence-electron chi connectivity index (χ3n) is 8.18. The van der Waals surface area contributed by atoms with Gasteiger partial charge in [0.15, 0.2) is 0 Å². The van der Waals surface area contributed by atoms with Gasteiger partial charge in [0.25, 0.3) is 0 Å². The highest BCUT2D eigenvalue weighted by atomic mass is 16.6. The van der Waals surface area contributed by atoms with Crippen LogP contribution in [0, 0.1) is 11.8 Å². The molecule has 2 saturated heterocycles. The van der Waals surface area contributed by atoms with Gasteiger partial charge in [-0.3, -0.25) is 10.1 Å². The summed E-state index contributed by atoms with van der Waals surface area (Å²) in [6.07, 6.45) is 4.53. The lowest BCUT2D eigenvalue weighted by Gasteiger charge is -2.44. The van der Waals surface area contributed by atoms with Gasteiger partial charge in [0.05, 0.1) is 6.61 Å². The van der Waals surface area contributed by atoms with Crippen molar-refractivity contribution in [2.45, 2.75) is 61.8 Å². The first kappa shape index (κ1) is 16.5. The van der Waals surface area contributed by atoms with Gasteiger partial charge in [-0.25, -0.2) is 0 Å². The summed E-state index contributed by atoms with van der Waals surface area (Å²) in [4.78, 5) is 15.1. The first-order valence-electron chi connectivity index (χ1n) is 10.4. The van der Waals surface area contributed by atoms with E-state index in [0.717, 1.165) is 25.9 Å². The Kier molecular flexibility index (Phi) is 3.14. The molecule has 3 atom stereocenters. The summed E-state index contributed by atoms with van der Waals surface area (Å²) in [6, 6.07) is 9.30. The highest BCUT2D eigenvalue weighted by molar-refractivity contribution is 5.81. The van der Waals surface area contributed by atoms with Gasteiger partial charge in [0.2, 0.25) is 12.3 Å². The molecule has 1 aromatic rings. The summed E-state index contributed by atoms with van der Waals surface area (Å²) in [5, 5.41) is 12.6. The van der Waals surface area contributed by atoms with Crippen LogP contribution in [-0.4, -0.2) is 47.6 Å².